The van der Waals surface area contributed by atoms with Gasteiger partial charge in [0, 0.05) is 29.8 Å². The van der Waals surface area contributed by atoms with E-state index in [0.717, 1.165) is 50.7 Å². The lowest BCUT2D eigenvalue weighted by Gasteiger charge is -2.11. The maximum absolute atomic E-state index is 5.75. The summed E-state index contributed by atoms with van der Waals surface area (Å²) in [5.74, 6) is 0. The summed E-state index contributed by atoms with van der Waals surface area (Å²) in [7, 11) is 0. The van der Waals surface area contributed by atoms with Crippen LogP contribution in [0, 0.1) is 0 Å². The molecule has 2 aromatic carbocycles. The lowest BCUT2D eigenvalue weighted by Crippen LogP contribution is -2.05. The molecule has 0 spiro atoms. The monoisotopic (exact) mass is 392 g/mol. The van der Waals surface area contributed by atoms with E-state index in [-0.39, 0.29) is 0 Å². The quantitative estimate of drug-likeness (QED) is 0.558. The van der Waals surface area contributed by atoms with Crippen molar-refractivity contribution in [2.75, 3.05) is 0 Å². The Morgan fingerprint density at radius 3 is 2.20 bits per heavy atom. The highest BCUT2D eigenvalue weighted by Crippen LogP contribution is 2.31. The number of hydrogen-bond donors (Lipinski definition) is 1. The van der Waals surface area contributed by atoms with Crippen LogP contribution in [0.25, 0.3) is 33.7 Å². The van der Waals surface area contributed by atoms with Gasteiger partial charge in [-0.25, -0.2) is 15.0 Å². The molecule has 0 amide bonds. The lowest BCUT2D eigenvalue weighted by molar-refractivity contribution is 1.07. The zero-order chi connectivity index (χ0) is 20.5. The molecule has 0 unspecified atom stereocenters. The number of hydrogen-bond acceptors (Lipinski definition) is 6. The van der Waals surface area contributed by atoms with Gasteiger partial charge in [-0.2, -0.15) is 10.2 Å². The number of aromatic nitrogens is 3. The molecule has 4 aromatic rings. The van der Waals surface area contributed by atoms with Crippen molar-refractivity contribution in [1.29, 1.82) is 0 Å². The van der Waals surface area contributed by atoms with Gasteiger partial charge in [0.2, 0.25) is 0 Å². The van der Waals surface area contributed by atoms with Crippen LogP contribution in [0.3, 0.4) is 0 Å². The average molecular weight is 392 g/mol. The highest BCUT2D eigenvalue weighted by atomic mass is 15.2. The van der Waals surface area contributed by atoms with E-state index in [0.29, 0.717) is 18.6 Å². The molecule has 0 radical (unpaired) electrons. The third kappa shape index (κ3) is 3.38. The Hall–Kier alpha value is -3.77. The molecule has 3 heterocycles. The third-order valence-electron chi connectivity index (χ3n) is 5.10. The van der Waals surface area contributed by atoms with Gasteiger partial charge < -0.3 is 5.73 Å². The lowest BCUT2D eigenvalue weighted by atomic mass is 10.0. The van der Waals surface area contributed by atoms with Crippen LogP contribution in [0.4, 0.5) is 0 Å². The molecule has 6 nitrogen and oxygen atoms in total. The number of benzene rings is 2. The van der Waals surface area contributed by atoms with Gasteiger partial charge in [-0.3, -0.25) is 0 Å². The van der Waals surface area contributed by atoms with Gasteiger partial charge >= 0.3 is 0 Å². The zero-order valence-corrected chi connectivity index (χ0v) is 16.6. The fraction of sp³-hybridized carbons (Fsp3) is 0.125. The molecule has 1 aliphatic rings. The van der Waals surface area contributed by atoms with E-state index >= 15 is 0 Å². The third-order valence-corrected chi connectivity index (χ3v) is 5.10. The molecule has 2 aromatic heterocycles. The molecule has 2 N–H and O–H groups in total. The molecule has 0 saturated carbocycles. The average Bonchev–Trinajstić information content (AvgIpc) is 3.25. The van der Waals surface area contributed by atoms with E-state index in [1.165, 1.54) is 0 Å². The Kier molecular flexibility index (Phi) is 4.61. The molecule has 0 bridgehead atoms. The number of fused-ring (bicyclic) bond motifs is 1. The highest BCUT2D eigenvalue weighted by Gasteiger charge is 2.17. The zero-order valence-electron chi connectivity index (χ0n) is 16.6. The van der Waals surface area contributed by atoms with Crippen LogP contribution in [-0.4, -0.2) is 26.4 Å². The second kappa shape index (κ2) is 7.57. The van der Waals surface area contributed by atoms with E-state index in [2.05, 4.69) is 10.2 Å². The second-order valence-electron chi connectivity index (χ2n) is 7.29. The van der Waals surface area contributed by atoms with Gasteiger partial charge in [-0.05, 0) is 24.6 Å². The summed E-state index contributed by atoms with van der Waals surface area (Å²) in [6.45, 7) is 2.47. The van der Waals surface area contributed by atoms with Crippen LogP contribution >= 0.6 is 0 Å². The first-order valence-corrected chi connectivity index (χ1v) is 9.85. The SMILES string of the molecule is CC1=NN=C(c2ccc3nc(-c4ccc(CN)cc4)c(-c4ccccc4)nc3n2)C1. The van der Waals surface area contributed by atoms with Crippen LogP contribution < -0.4 is 5.73 Å². The van der Waals surface area contributed by atoms with Gasteiger partial charge in [0.25, 0.3) is 0 Å². The summed E-state index contributed by atoms with van der Waals surface area (Å²) in [6.07, 6.45) is 0.711. The fourth-order valence-electron chi connectivity index (χ4n) is 3.50. The summed E-state index contributed by atoms with van der Waals surface area (Å²) >= 11 is 0. The van der Waals surface area contributed by atoms with Crippen LogP contribution in [0.5, 0.6) is 0 Å². The van der Waals surface area contributed by atoms with Crippen molar-refractivity contribution in [1.82, 2.24) is 15.0 Å². The van der Waals surface area contributed by atoms with Crippen molar-refractivity contribution >= 4 is 22.6 Å². The summed E-state index contributed by atoms with van der Waals surface area (Å²) in [4.78, 5) is 14.6. The Bertz CT molecular complexity index is 1290. The molecular formula is C24H20N6. The number of nitrogens with zero attached hydrogens (tertiary/aromatic N) is 5. The first kappa shape index (κ1) is 18.3. The molecular weight excluding hydrogens is 372 g/mol. The Balaban J connectivity index is 1.68. The smallest absolute Gasteiger partial charge is 0.179 e. The van der Waals surface area contributed by atoms with Crippen molar-refractivity contribution in [2.24, 2.45) is 15.9 Å². The van der Waals surface area contributed by atoms with Crippen LogP contribution in [0.1, 0.15) is 24.6 Å². The number of rotatable bonds is 4. The standard InChI is InChI=1S/C24H20N6/c1-15-13-21(30-29-15)19-11-12-20-24(27-19)28-23(17-5-3-2-4-6-17)22(26-20)18-9-7-16(14-25)8-10-18/h2-12H,13-14,25H2,1H3. The minimum absolute atomic E-state index is 0.509. The minimum Gasteiger partial charge on any atom is -0.326 e. The van der Waals surface area contributed by atoms with E-state index in [9.17, 15) is 0 Å². The predicted octanol–water partition coefficient (Wildman–Crippen LogP) is 4.39. The van der Waals surface area contributed by atoms with Gasteiger partial charge in [-0.1, -0.05) is 54.6 Å². The summed E-state index contributed by atoms with van der Waals surface area (Å²) < 4.78 is 0. The normalized spacial score (nSPS) is 13.4. The summed E-state index contributed by atoms with van der Waals surface area (Å²) in [6, 6.07) is 22.1. The molecule has 1 aliphatic heterocycles. The summed E-state index contributed by atoms with van der Waals surface area (Å²) in [5, 5.41) is 8.37. The van der Waals surface area contributed by atoms with E-state index in [4.69, 9.17) is 20.7 Å². The molecule has 0 fully saturated rings. The first-order valence-electron chi connectivity index (χ1n) is 9.85. The van der Waals surface area contributed by atoms with Crippen molar-refractivity contribution in [2.45, 2.75) is 19.9 Å². The number of pyridine rings is 1. The van der Waals surface area contributed by atoms with Crippen LogP contribution in [0.2, 0.25) is 0 Å². The van der Waals surface area contributed by atoms with Crippen molar-refractivity contribution < 1.29 is 0 Å². The second-order valence-corrected chi connectivity index (χ2v) is 7.29. The topological polar surface area (TPSA) is 89.4 Å². The molecule has 6 heteroatoms. The number of nitrogens with two attached hydrogens (primary N) is 1. The van der Waals surface area contributed by atoms with Crippen LogP contribution in [-0.2, 0) is 6.54 Å². The molecule has 0 atom stereocenters. The molecule has 5 rings (SSSR count). The van der Waals surface area contributed by atoms with Gasteiger partial charge in [-0.15, -0.1) is 0 Å². The molecule has 0 aliphatic carbocycles. The van der Waals surface area contributed by atoms with Crippen LogP contribution in [0.15, 0.2) is 76.9 Å². The minimum atomic E-state index is 0.509. The Labute approximate surface area is 174 Å². The molecule has 0 saturated heterocycles. The Morgan fingerprint density at radius 1 is 0.767 bits per heavy atom. The van der Waals surface area contributed by atoms with E-state index in [1.807, 2.05) is 73.7 Å². The van der Waals surface area contributed by atoms with E-state index < -0.39 is 0 Å². The van der Waals surface area contributed by atoms with Crippen molar-refractivity contribution in [3.63, 3.8) is 0 Å². The largest absolute Gasteiger partial charge is 0.326 e. The van der Waals surface area contributed by atoms with Gasteiger partial charge in [0.1, 0.15) is 5.52 Å². The summed E-state index contributed by atoms with van der Waals surface area (Å²) in [5.41, 5.74) is 14.4. The predicted molar refractivity (Wildman–Crippen MR) is 120 cm³/mol. The molecule has 146 valence electrons. The van der Waals surface area contributed by atoms with Crippen molar-refractivity contribution in [3.8, 4) is 22.5 Å². The first-order chi connectivity index (χ1) is 14.7. The Morgan fingerprint density at radius 2 is 1.50 bits per heavy atom. The molecule has 30 heavy (non-hydrogen) atoms. The maximum Gasteiger partial charge on any atom is 0.179 e. The van der Waals surface area contributed by atoms with E-state index in [1.54, 1.807) is 0 Å². The maximum atomic E-state index is 5.75. The van der Waals surface area contributed by atoms with Gasteiger partial charge in [0.15, 0.2) is 5.65 Å². The fourth-order valence-corrected chi connectivity index (χ4v) is 3.50. The van der Waals surface area contributed by atoms with Crippen molar-refractivity contribution in [3.05, 3.63) is 78.0 Å². The van der Waals surface area contributed by atoms with Gasteiger partial charge in [0.05, 0.1) is 22.8 Å². The highest BCUT2D eigenvalue weighted by molar-refractivity contribution is 6.14.